The normalized spacial score (nSPS) is 12.2. The van der Waals surface area contributed by atoms with E-state index in [0.29, 0.717) is 22.9 Å². The second kappa shape index (κ2) is 10.5. The van der Waals surface area contributed by atoms with E-state index >= 15 is 0 Å². The smallest absolute Gasteiger partial charge is 0.176 e. The number of methoxy groups -OCH3 is 1. The van der Waals surface area contributed by atoms with Crippen LogP contribution in [0.4, 0.5) is 0 Å². The van der Waals surface area contributed by atoms with Gasteiger partial charge in [0, 0.05) is 18.2 Å². The Labute approximate surface area is 167 Å². The van der Waals surface area contributed by atoms with Crippen molar-refractivity contribution in [1.82, 2.24) is 10.2 Å². The summed E-state index contributed by atoms with van der Waals surface area (Å²) in [4.78, 5) is 14.9. The number of nitrogens with zero attached hydrogens (tertiary/aromatic N) is 1. The number of benzene rings is 2. The zero-order chi connectivity index (χ0) is 19.8. The Hall–Kier alpha value is -1.88. The minimum atomic E-state index is 0.0155. The Morgan fingerprint density at radius 2 is 1.81 bits per heavy atom. The molecule has 0 aromatic heterocycles. The van der Waals surface area contributed by atoms with Gasteiger partial charge in [-0.25, -0.2) is 0 Å². The van der Waals surface area contributed by atoms with Crippen LogP contribution in [0.5, 0.6) is 5.75 Å². The summed E-state index contributed by atoms with van der Waals surface area (Å²) in [7, 11) is 1.56. The molecule has 0 saturated carbocycles. The van der Waals surface area contributed by atoms with Crippen LogP contribution in [-0.4, -0.2) is 44.0 Å². The number of ketones is 1. The number of hydrogen-bond acceptors (Lipinski definition) is 4. The molecule has 2 rings (SSSR count). The SMILES string of the molecule is CCN(CC)C(CNCC(=O)c1ccc(OC)c(Cl)c1)c1ccc(C)cc1. The fourth-order valence-electron chi connectivity index (χ4n) is 3.18. The van der Waals surface area contributed by atoms with Crippen LogP contribution in [0.2, 0.25) is 5.02 Å². The molecule has 0 fully saturated rings. The first kappa shape index (κ1) is 21.4. The van der Waals surface area contributed by atoms with E-state index in [1.807, 2.05) is 0 Å². The summed E-state index contributed by atoms with van der Waals surface area (Å²) < 4.78 is 5.14. The third-order valence-electron chi connectivity index (χ3n) is 4.81. The summed E-state index contributed by atoms with van der Waals surface area (Å²) in [5.74, 6) is 0.587. The van der Waals surface area contributed by atoms with Gasteiger partial charge in [-0.3, -0.25) is 9.69 Å². The second-order valence-corrected chi connectivity index (χ2v) is 6.96. The summed E-state index contributed by atoms with van der Waals surface area (Å²) in [6, 6.07) is 14.0. The van der Waals surface area contributed by atoms with Gasteiger partial charge in [0.05, 0.1) is 18.7 Å². The van der Waals surface area contributed by atoms with Crippen LogP contribution in [-0.2, 0) is 0 Å². The largest absolute Gasteiger partial charge is 0.495 e. The van der Waals surface area contributed by atoms with Gasteiger partial charge in [-0.15, -0.1) is 0 Å². The molecule has 2 aromatic carbocycles. The van der Waals surface area contributed by atoms with E-state index in [2.05, 4.69) is 55.3 Å². The highest BCUT2D eigenvalue weighted by Crippen LogP contribution is 2.25. The molecule has 1 N–H and O–H groups in total. The molecule has 0 aliphatic heterocycles. The first-order valence-corrected chi connectivity index (χ1v) is 9.76. The molecule has 1 unspecified atom stereocenters. The predicted molar refractivity (Wildman–Crippen MR) is 112 cm³/mol. The summed E-state index contributed by atoms with van der Waals surface area (Å²) >= 11 is 6.13. The highest BCUT2D eigenvalue weighted by Gasteiger charge is 2.18. The number of halogens is 1. The van der Waals surface area contributed by atoms with Gasteiger partial charge >= 0.3 is 0 Å². The summed E-state index contributed by atoms with van der Waals surface area (Å²) in [5.41, 5.74) is 3.09. The number of likely N-dealkylation sites (N-methyl/N-ethyl adjacent to an activating group) is 1. The van der Waals surface area contributed by atoms with Gasteiger partial charge in [0.2, 0.25) is 0 Å². The lowest BCUT2D eigenvalue weighted by molar-refractivity contribution is 0.0987. The zero-order valence-electron chi connectivity index (χ0n) is 16.6. The topological polar surface area (TPSA) is 41.6 Å². The van der Waals surface area contributed by atoms with Gasteiger partial charge in [0.15, 0.2) is 5.78 Å². The zero-order valence-corrected chi connectivity index (χ0v) is 17.3. The molecule has 0 radical (unpaired) electrons. The van der Waals surface area contributed by atoms with Crippen molar-refractivity contribution in [1.29, 1.82) is 0 Å². The van der Waals surface area contributed by atoms with Crippen molar-refractivity contribution in [2.45, 2.75) is 26.8 Å². The van der Waals surface area contributed by atoms with Crippen molar-refractivity contribution in [3.05, 3.63) is 64.2 Å². The van der Waals surface area contributed by atoms with Crippen LogP contribution in [0.15, 0.2) is 42.5 Å². The van der Waals surface area contributed by atoms with E-state index in [-0.39, 0.29) is 18.4 Å². The minimum Gasteiger partial charge on any atom is -0.495 e. The second-order valence-electron chi connectivity index (χ2n) is 6.55. The van der Waals surface area contributed by atoms with Gasteiger partial charge in [0.1, 0.15) is 5.75 Å². The average Bonchev–Trinajstić information content (AvgIpc) is 2.68. The Morgan fingerprint density at radius 1 is 1.15 bits per heavy atom. The molecule has 146 valence electrons. The number of carbonyl (C=O) groups is 1. The molecule has 0 heterocycles. The van der Waals surface area contributed by atoms with Gasteiger partial charge in [-0.1, -0.05) is 55.3 Å². The van der Waals surface area contributed by atoms with E-state index in [4.69, 9.17) is 16.3 Å². The number of nitrogens with one attached hydrogen (secondary N) is 1. The molecule has 0 amide bonds. The van der Waals surface area contributed by atoms with E-state index in [9.17, 15) is 4.79 Å². The minimum absolute atomic E-state index is 0.0155. The Balaban J connectivity index is 2.03. The van der Waals surface area contributed by atoms with Crippen molar-refractivity contribution in [2.24, 2.45) is 0 Å². The molecule has 27 heavy (non-hydrogen) atoms. The lowest BCUT2D eigenvalue weighted by Crippen LogP contribution is -2.37. The highest BCUT2D eigenvalue weighted by atomic mass is 35.5. The van der Waals surface area contributed by atoms with Gasteiger partial charge < -0.3 is 10.1 Å². The van der Waals surface area contributed by atoms with Crippen LogP contribution in [0, 0.1) is 6.92 Å². The van der Waals surface area contributed by atoms with Crippen LogP contribution < -0.4 is 10.1 Å². The molecule has 0 aliphatic carbocycles. The Bertz CT molecular complexity index is 742. The molecule has 5 heteroatoms. The molecular formula is C22H29ClN2O2. The van der Waals surface area contributed by atoms with Crippen LogP contribution >= 0.6 is 11.6 Å². The van der Waals surface area contributed by atoms with E-state index in [0.717, 1.165) is 13.1 Å². The lowest BCUT2D eigenvalue weighted by Gasteiger charge is -2.30. The monoisotopic (exact) mass is 388 g/mol. The van der Waals surface area contributed by atoms with Crippen LogP contribution in [0.1, 0.15) is 41.4 Å². The van der Waals surface area contributed by atoms with Crippen LogP contribution in [0.3, 0.4) is 0 Å². The van der Waals surface area contributed by atoms with Crippen molar-refractivity contribution in [3.8, 4) is 5.75 Å². The van der Waals surface area contributed by atoms with E-state index in [1.165, 1.54) is 11.1 Å². The van der Waals surface area contributed by atoms with Crippen LogP contribution in [0.25, 0.3) is 0 Å². The van der Waals surface area contributed by atoms with E-state index in [1.54, 1.807) is 25.3 Å². The van der Waals surface area contributed by atoms with Gasteiger partial charge in [-0.2, -0.15) is 0 Å². The van der Waals surface area contributed by atoms with E-state index < -0.39 is 0 Å². The lowest BCUT2D eigenvalue weighted by atomic mass is 10.0. The quantitative estimate of drug-likeness (QED) is 0.608. The first-order valence-electron chi connectivity index (χ1n) is 9.38. The third kappa shape index (κ3) is 5.80. The Kier molecular flexibility index (Phi) is 8.29. The molecular weight excluding hydrogens is 360 g/mol. The van der Waals surface area contributed by atoms with Gasteiger partial charge in [-0.05, 0) is 43.8 Å². The first-order chi connectivity index (χ1) is 13.0. The maximum absolute atomic E-state index is 12.5. The fraction of sp³-hybridized carbons (Fsp3) is 0.409. The standard InChI is InChI=1S/C22H29ClN2O2/c1-5-25(6-2)20(17-9-7-16(3)8-10-17)14-24-15-21(26)18-11-12-22(27-4)19(23)13-18/h7-13,20,24H,5-6,14-15H2,1-4H3. The predicted octanol–water partition coefficient (Wildman–Crippen LogP) is 4.51. The molecule has 0 spiro atoms. The van der Waals surface area contributed by atoms with Crippen molar-refractivity contribution >= 4 is 17.4 Å². The summed E-state index contributed by atoms with van der Waals surface area (Å²) in [5, 5.41) is 3.78. The number of aryl methyl sites for hydroxylation is 1. The maximum Gasteiger partial charge on any atom is 0.176 e. The van der Waals surface area contributed by atoms with Crippen molar-refractivity contribution in [3.63, 3.8) is 0 Å². The Morgan fingerprint density at radius 3 is 2.37 bits per heavy atom. The molecule has 1 atom stereocenters. The number of rotatable bonds is 10. The number of ether oxygens (including phenoxy) is 1. The fourth-order valence-corrected chi connectivity index (χ4v) is 3.43. The molecule has 0 bridgehead atoms. The molecule has 0 aliphatic rings. The average molecular weight is 389 g/mol. The number of carbonyl (C=O) groups excluding carboxylic acids is 1. The highest BCUT2D eigenvalue weighted by molar-refractivity contribution is 6.32. The third-order valence-corrected chi connectivity index (χ3v) is 5.11. The summed E-state index contributed by atoms with van der Waals surface area (Å²) in [6.07, 6.45) is 0. The van der Waals surface area contributed by atoms with Crippen molar-refractivity contribution in [2.75, 3.05) is 33.3 Å². The maximum atomic E-state index is 12.5. The van der Waals surface area contributed by atoms with Crippen molar-refractivity contribution < 1.29 is 9.53 Å². The molecule has 4 nitrogen and oxygen atoms in total. The molecule has 2 aromatic rings. The molecule has 0 saturated heterocycles. The number of Topliss-reactive ketones (excluding diaryl/α,β-unsaturated/α-hetero) is 1. The summed E-state index contributed by atoms with van der Waals surface area (Å²) in [6.45, 7) is 9.31. The number of hydrogen-bond donors (Lipinski definition) is 1. The van der Waals surface area contributed by atoms with Gasteiger partial charge in [0.25, 0.3) is 0 Å².